The second kappa shape index (κ2) is 5.74. The molecule has 0 saturated heterocycles. The predicted molar refractivity (Wildman–Crippen MR) is 87.1 cm³/mol. The van der Waals surface area contributed by atoms with Gasteiger partial charge in [-0.2, -0.15) is 0 Å². The average Bonchev–Trinajstić information content (AvgIpc) is 3.13. The maximum Gasteiger partial charge on any atom is 0.174 e. The molecule has 110 valence electrons. The van der Waals surface area contributed by atoms with Crippen molar-refractivity contribution in [1.82, 2.24) is 19.5 Å². The summed E-state index contributed by atoms with van der Waals surface area (Å²) in [5.74, 6) is 0. The zero-order valence-electron chi connectivity index (χ0n) is 11.7. The van der Waals surface area contributed by atoms with Crippen LogP contribution in [-0.4, -0.2) is 19.5 Å². The van der Waals surface area contributed by atoms with Crippen LogP contribution in [0.3, 0.4) is 0 Å². The molecule has 4 nitrogen and oxygen atoms in total. The van der Waals surface area contributed by atoms with E-state index in [9.17, 15) is 0 Å². The number of nitrogens with zero attached hydrogens (tertiary/aromatic N) is 4. The van der Waals surface area contributed by atoms with E-state index in [0.717, 1.165) is 34.4 Å². The molecule has 1 aliphatic rings. The van der Waals surface area contributed by atoms with Crippen molar-refractivity contribution in [3.8, 4) is 11.3 Å². The highest BCUT2D eigenvalue weighted by Gasteiger charge is 2.16. The Morgan fingerprint density at radius 1 is 1.14 bits per heavy atom. The van der Waals surface area contributed by atoms with Gasteiger partial charge in [0.25, 0.3) is 0 Å². The fourth-order valence-corrected chi connectivity index (χ4v) is 3.70. The van der Waals surface area contributed by atoms with Crippen LogP contribution in [-0.2, 0) is 13.0 Å². The third kappa shape index (κ3) is 2.62. The van der Waals surface area contributed by atoms with Gasteiger partial charge in [0.05, 0.1) is 5.69 Å². The highest BCUT2D eigenvalue weighted by atomic mass is 35.5. The van der Waals surface area contributed by atoms with E-state index >= 15 is 0 Å². The van der Waals surface area contributed by atoms with Gasteiger partial charge in [-0.3, -0.25) is 0 Å². The van der Waals surface area contributed by atoms with Gasteiger partial charge in [-0.1, -0.05) is 23.7 Å². The summed E-state index contributed by atoms with van der Waals surface area (Å²) < 4.78 is 2.27. The van der Waals surface area contributed by atoms with Crippen molar-refractivity contribution in [2.75, 3.05) is 0 Å². The summed E-state index contributed by atoms with van der Waals surface area (Å²) in [6.07, 6.45) is 5.87. The SMILES string of the molecule is Clc1cccc(-c2cc(Sc3ncc4n3CCC4)ncn2)c1. The van der Waals surface area contributed by atoms with Crippen molar-refractivity contribution in [3.63, 3.8) is 0 Å². The molecule has 22 heavy (non-hydrogen) atoms. The molecule has 0 amide bonds. The van der Waals surface area contributed by atoms with Gasteiger partial charge in [0.1, 0.15) is 11.4 Å². The topological polar surface area (TPSA) is 43.6 Å². The molecule has 0 fully saturated rings. The fraction of sp³-hybridized carbons (Fsp3) is 0.188. The van der Waals surface area contributed by atoms with Crippen LogP contribution in [0.1, 0.15) is 12.1 Å². The van der Waals surface area contributed by atoms with Crippen molar-refractivity contribution in [1.29, 1.82) is 0 Å². The van der Waals surface area contributed by atoms with Crippen LogP contribution in [0, 0.1) is 0 Å². The Balaban J connectivity index is 1.64. The molecule has 3 aromatic rings. The molecule has 4 rings (SSSR count). The summed E-state index contributed by atoms with van der Waals surface area (Å²) in [5, 5.41) is 2.60. The van der Waals surface area contributed by atoms with Crippen molar-refractivity contribution in [2.24, 2.45) is 0 Å². The lowest BCUT2D eigenvalue weighted by atomic mass is 10.1. The second-order valence-corrected chi connectivity index (χ2v) is 6.57. The summed E-state index contributed by atoms with van der Waals surface area (Å²) in [4.78, 5) is 13.2. The fourth-order valence-electron chi connectivity index (χ4n) is 2.62. The summed E-state index contributed by atoms with van der Waals surface area (Å²) >= 11 is 7.63. The standard InChI is InChI=1S/C16H13ClN4S/c17-12-4-1-3-11(7-12)14-8-15(20-10-19-14)22-16-18-9-13-5-2-6-21(13)16/h1,3-4,7-10H,2,5-6H2. The monoisotopic (exact) mass is 328 g/mol. The lowest BCUT2D eigenvalue weighted by molar-refractivity contribution is 0.672. The molecule has 0 spiro atoms. The van der Waals surface area contributed by atoms with Gasteiger partial charge < -0.3 is 4.57 Å². The van der Waals surface area contributed by atoms with Crippen molar-refractivity contribution in [3.05, 3.63) is 53.6 Å². The van der Waals surface area contributed by atoms with E-state index in [1.165, 1.54) is 12.1 Å². The maximum atomic E-state index is 6.05. The van der Waals surface area contributed by atoms with E-state index < -0.39 is 0 Å². The van der Waals surface area contributed by atoms with Crippen LogP contribution in [0.2, 0.25) is 5.02 Å². The van der Waals surface area contributed by atoms with E-state index in [1.807, 2.05) is 36.5 Å². The Morgan fingerprint density at radius 2 is 2.09 bits per heavy atom. The van der Waals surface area contributed by atoms with Gasteiger partial charge in [-0.25, -0.2) is 15.0 Å². The zero-order valence-corrected chi connectivity index (χ0v) is 13.3. The van der Waals surface area contributed by atoms with Gasteiger partial charge in [-0.15, -0.1) is 0 Å². The summed E-state index contributed by atoms with van der Waals surface area (Å²) in [7, 11) is 0. The third-order valence-corrected chi connectivity index (χ3v) is 4.85. The highest BCUT2D eigenvalue weighted by molar-refractivity contribution is 7.99. The van der Waals surface area contributed by atoms with Crippen LogP contribution in [0.5, 0.6) is 0 Å². The molecule has 0 aliphatic carbocycles. The largest absolute Gasteiger partial charge is 0.323 e. The molecule has 0 atom stereocenters. The Morgan fingerprint density at radius 3 is 3.00 bits per heavy atom. The molecule has 6 heteroatoms. The van der Waals surface area contributed by atoms with Crippen LogP contribution in [0.25, 0.3) is 11.3 Å². The first-order chi connectivity index (χ1) is 10.8. The van der Waals surface area contributed by atoms with Gasteiger partial charge in [-0.05, 0) is 42.8 Å². The molecule has 0 unspecified atom stereocenters. The summed E-state index contributed by atoms with van der Waals surface area (Å²) in [5.41, 5.74) is 3.17. The Kier molecular flexibility index (Phi) is 3.60. The molecule has 0 N–H and O–H groups in total. The first kappa shape index (κ1) is 13.8. The lowest BCUT2D eigenvalue weighted by Crippen LogP contribution is -1.95. The number of benzene rings is 1. The molecular formula is C16H13ClN4S. The Bertz CT molecular complexity index is 831. The normalized spacial score (nSPS) is 13.3. The molecule has 0 saturated carbocycles. The molecule has 0 bridgehead atoms. The van der Waals surface area contributed by atoms with Gasteiger partial charge in [0.15, 0.2) is 5.16 Å². The number of aryl methyl sites for hydroxylation is 1. The molecule has 1 aromatic carbocycles. The average molecular weight is 329 g/mol. The summed E-state index contributed by atoms with van der Waals surface area (Å²) in [6, 6.07) is 9.66. The minimum Gasteiger partial charge on any atom is -0.323 e. The van der Waals surface area contributed by atoms with E-state index in [0.29, 0.717) is 5.02 Å². The minimum atomic E-state index is 0.705. The molecule has 3 heterocycles. The van der Waals surface area contributed by atoms with E-state index in [2.05, 4.69) is 19.5 Å². The van der Waals surface area contributed by atoms with Crippen molar-refractivity contribution < 1.29 is 0 Å². The van der Waals surface area contributed by atoms with Crippen molar-refractivity contribution in [2.45, 2.75) is 29.6 Å². The number of rotatable bonds is 3. The Hall–Kier alpha value is -1.85. The summed E-state index contributed by atoms with van der Waals surface area (Å²) in [6.45, 7) is 1.05. The first-order valence-corrected chi connectivity index (χ1v) is 8.29. The first-order valence-electron chi connectivity index (χ1n) is 7.10. The van der Waals surface area contributed by atoms with Gasteiger partial charge >= 0.3 is 0 Å². The van der Waals surface area contributed by atoms with E-state index in [4.69, 9.17) is 11.6 Å². The van der Waals surface area contributed by atoms with Crippen LogP contribution in [0.15, 0.2) is 53.0 Å². The third-order valence-electron chi connectivity index (χ3n) is 3.67. The van der Waals surface area contributed by atoms with Crippen LogP contribution in [0.4, 0.5) is 0 Å². The Labute approximate surface area is 137 Å². The minimum absolute atomic E-state index is 0.705. The van der Waals surface area contributed by atoms with Crippen LogP contribution < -0.4 is 0 Å². The highest BCUT2D eigenvalue weighted by Crippen LogP contribution is 2.30. The molecular weight excluding hydrogens is 316 g/mol. The maximum absolute atomic E-state index is 6.05. The van der Waals surface area contributed by atoms with Crippen LogP contribution >= 0.6 is 23.4 Å². The van der Waals surface area contributed by atoms with E-state index in [1.54, 1.807) is 18.1 Å². The smallest absolute Gasteiger partial charge is 0.174 e. The number of aromatic nitrogens is 4. The number of hydrogen-bond acceptors (Lipinski definition) is 4. The number of hydrogen-bond donors (Lipinski definition) is 0. The second-order valence-electron chi connectivity index (χ2n) is 5.14. The van der Waals surface area contributed by atoms with Gasteiger partial charge in [0.2, 0.25) is 0 Å². The number of fused-ring (bicyclic) bond motifs is 1. The predicted octanol–water partition coefficient (Wildman–Crippen LogP) is 4.09. The van der Waals surface area contributed by atoms with E-state index in [-0.39, 0.29) is 0 Å². The lowest BCUT2D eigenvalue weighted by Gasteiger charge is -2.05. The number of halogens is 1. The molecule has 2 aromatic heterocycles. The quantitative estimate of drug-likeness (QED) is 0.679. The zero-order chi connectivity index (χ0) is 14.9. The molecule has 0 radical (unpaired) electrons. The van der Waals surface area contributed by atoms with Crippen molar-refractivity contribution >= 4 is 23.4 Å². The number of imidazole rings is 1. The molecule has 1 aliphatic heterocycles. The van der Waals surface area contributed by atoms with Gasteiger partial charge in [0, 0.05) is 29.0 Å².